The molecule has 0 aliphatic heterocycles. The van der Waals surface area contributed by atoms with Crippen LogP contribution in [0.2, 0.25) is 57.5 Å². The van der Waals surface area contributed by atoms with Gasteiger partial charge in [-0.15, -0.1) is 0 Å². The Bertz CT molecular complexity index is 937. The lowest BCUT2D eigenvalue weighted by atomic mass is 9.70. The van der Waals surface area contributed by atoms with Crippen molar-refractivity contribution in [1.82, 2.24) is 0 Å². The van der Waals surface area contributed by atoms with E-state index in [9.17, 15) is 4.79 Å². The number of benzene rings is 1. The van der Waals surface area contributed by atoms with Crippen molar-refractivity contribution >= 4 is 36.6 Å². The predicted octanol–water partition coefficient (Wildman–Crippen LogP) is 8.41. The molecule has 2 saturated carbocycles. The van der Waals surface area contributed by atoms with Gasteiger partial charge < -0.3 is 8.85 Å². The minimum atomic E-state index is -1.78. The van der Waals surface area contributed by atoms with Crippen LogP contribution in [-0.2, 0) is 8.91 Å². The molecule has 0 spiro atoms. The summed E-state index contributed by atoms with van der Waals surface area (Å²) in [4.78, 5) is 13.1. The van der Waals surface area contributed by atoms with E-state index < -0.39 is 24.7 Å². The minimum Gasteiger partial charge on any atom is -0.493 e. The predicted molar refractivity (Wildman–Crippen MR) is 158 cm³/mol. The highest BCUT2D eigenvalue weighted by molar-refractivity contribution is 6.96. The van der Waals surface area contributed by atoms with Gasteiger partial charge in [0.2, 0.25) is 0 Å². The van der Waals surface area contributed by atoms with Crippen molar-refractivity contribution in [1.29, 1.82) is 0 Å². The van der Waals surface area contributed by atoms with Crippen molar-refractivity contribution in [3.63, 3.8) is 0 Å². The summed E-state index contributed by atoms with van der Waals surface area (Å²) in [5.41, 5.74) is 3.30. The van der Waals surface area contributed by atoms with E-state index >= 15 is 0 Å². The largest absolute Gasteiger partial charge is 0.493 e. The van der Waals surface area contributed by atoms with Crippen LogP contribution in [0.15, 0.2) is 29.8 Å². The van der Waals surface area contributed by atoms with Crippen molar-refractivity contribution < 1.29 is 13.6 Å². The molecule has 3 rings (SSSR count). The van der Waals surface area contributed by atoms with Crippen molar-refractivity contribution in [3.8, 4) is 5.75 Å². The number of carbonyl (C=O) groups is 1. The number of ketones is 1. The molecule has 6 heteroatoms. The van der Waals surface area contributed by atoms with Gasteiger partial charge in [-0.1, -0.05) is 59.5 Å². The highest BCUT2D eigenvalue weighted by atomic mass is 28.4. The maximum Gasteiger partial charge on any atom is 0.174 e. The van der Waals surface area contributed by atoms with Gasteiger partial charge in [0, 0.05) is 13.5 Å². The topological polar surface area (TPSA) is 35.5 Å². The van der Waals surface area contributed by atoms with E-state index in [-0.39, 0.29) is 10.8 Å². The molecule has 3 nitrogen and oxygen atoms in total. The Labute approximate surface area is 218 Å². The number of carbonyl (C=O) groups excluding carboxylic acids is 1. The SMILES string of the molecule is CC(COc1ccc(C=C2C(=O)C3(C)CCC2C3(C)C)cc1)C[Si](C)(C[Si](C)(C)C)O[Si](C)(C)C. The van der Waals surface area contributed by atoms with Crippen LogP contribution in [0.5, 0.6) is 5.75 Å². The number of hydrogen-bond acceptors (Lipinski definition) is 3. The highest BCUT2D eigenvalue weighted by Crippen LogP contribution is 2.65. The first-order valence-corrected chi connectivity index (χ1v) is 23.5. The molecule has 0 aromatic heterocycles. The minimum absolute atomic E-state index is 0.0571. The van der Waals surface area contributed by atoms with Gasteiger partial charge in [-0.3, -0.25) is 4.79 Å². The van der Waals surface area contributed by atoms with Crippen molar-refractivity contribution in [2.75, 3.05) is 6.61 Å². The summed E-state index contributed by atoms with van der Waals surface area (Å²) in [6.45, 7) is 26.6. The maximum absolute atomic E-state index is 13.1. The van der Waals surface area contributed by atoms with Crippen LogP contribution < -0.4 is 4.74 Å². The Hall–Kier alpha value is -0.959. The van der Waals surface area contributed by atoms with Gasteiger partial charge in [0.25, 0.3) is 0 Å². The molecular formula is C29H50O3Si3. The fraction of sp³-hybridized carbons (Fsp3) is 0.690. The summed E-state index contributed by atoms with van der Waals surface area (Å²) in [6.07, 6.45) is 4.28. The van der Waals surface area contributed by atoms with Crippen LogP contribution in [0.1, 0.15) is 46.1 Å². The first-order chi connectivity index (χ1) is 15.9. The first-order valence-electron chi connectivity index (χ1n) is 13.5. The number of allylic oxidation sites excluding steroid dienone is 1. The molecule has 196 valence electrons. The summed E-state index contributed by atoms with van der Waals surface area (Å²) < 4.78 is 13.1. The molecule has 0 amide bonds. The van der Waals surface area contributed by atoms with Crippen molar-refractivity contribution in [2.24, 2.45) is 22.7 Å². The number of ether oxygens (including phenoxy) is 1. The monoisotopic (exact) mass is 530 g/mol. The molecule has 1 aromatic rings. The summed E-state index contributed by atoms with van der Waals surface area (Å²) in [6, 6.07) is 9.46. The zero-order valence-electron chi connectivity index (χ0n) is 24.3. The van der Waals surface area contributed by atoms with Crippen molar-refractivity contribution in [3.05, 3.63) is 35.4 Å². The molecule has 0 radical (unpaired) electrons. The standard InChI is InChI=1S/C29H50O3Si3/c1-22(20-35(11,21-33(5,6)7)32-34(8,9)10)19-31-24-14-12-23(13-15-24)18-25-26-16-17-29(4,27(25)30)28(26,2)3/h12-15,18,22,26H,16-17,19-21H2,1-11H3. The van der Waals surface area contributed by atoms with E-state index in [1.54, 1.807) is 0 Å². The van der Waals surface area contributed by atoms with Crippen LogP contribution in [0, 0.1) is 22.7 Å². The molecule has 2 aliphatic rings. The molecule has 0 N–H and O–H groups in total. The molecule has 4 atom stereocenters. The third-order valence-electron chi connectivity index (χ3n) is 8.34. The zero-order chi connectivity index (χ0) is 26.4. The van der Waals surface area contributed by atoms with Gasteiger partial charge >= 0.3 is 0 Å². The van der Waals surface area contributed by atoms with E-state index in [1.165, 1.54) is 5.67 Å². The maximum atomic E-state index is 13.1. The number of fused-ring (bicyclic) bond motifs is 2. The number of Topliss-reactive ketones (excluding diaryl/α,β-unsaturated/α-hetero) is 1. The van der Waals surface area contributed by atoms with E-state index in [2.05, 4.69) is 104 Å². The molecule has 2 fully saturated rings. The first kappa shape index (κ1) is 28.6. The lowest BCUT2D eigenvalue weighted by Gasteiger charge is -2.39. The second-order valence-corrected chi connectivity index (χ2v) is 29.5. The summed E-state index contributed by atoms with van der Waals surface area (Å²) in [5, 5.41) is 0. The van der Waals surface area contributed by atoms with Crippen molar-refractivity contribution in [2.45, 2.75) is 98.1 Å². The van der Waals surface area contributed by atoms with E-state index in [0.717, 1.165) is 42.4 Å². The van der Waals surface area contributed by atoms with Gasteiger partial charge in [0.05, 0.1) is 6.61 Å². The Morgan fingerprint density at radius 1 is 1.03 bits per heavy atom. The van der Waals surface area contributed by atoms with Crippen LogP contribution in [-0.4, -0.2) is 37.1 Å². The number of rotatable bonds is 10. The Morgan fingerprint density at radius 2 is 1.63 bits per heavy atom. The summed E-state index contributed by atoms with van der Waals surface area (Å²) in [7, 11) is -4.56. The second kappa shape index (κ2) is 9.73. The molecule has 35 heavy (non-hydrogen) atoms. The molecular weight excluding hydrogens is 481 g/mol. The second-order valence-electron chi connectivity index (χ2n) is 14.7. The fourth-order valence-corrected chi connectivity index (χ4v) is 25.3. The summed E-state index contributed by atoms with van der Waals surface area (Å²) >= 11 is 0. The molecule has 2 aliphatic carbocycles. The van der Waals surface area contributed by atoms with Crippen LogP contribution in [0.3, 0.4) is 0 Å². The average molecular weight is 531 g/mol. The van der Waals surface area contributed by atoms with E-state index in [4.69, 9.17) is 8.85 Å². The molecule has 4 unspecified atom stereocenters. The third kappa shape index (κ3) is 6.49. The normalized spacial score (nSPS) is 27.8. The lowest BCUT2D eigenvalue weighted by Crippen LogP contribution is -2.50. The quantitative estimate of drug-likeness (QED) is 0.225. The molecule has 0 saturated heterocycles. The van der Waals surface area contributed by atoms with Gasteiger partial charge in [0.15, 0.2) is 22.4 Å². The van der Waals surface area contributed by atoms with Crippen LogP contribution in [0.4, 0.5) is 0 Å². The Kier molecular flexibility index (Phi) is 7.95. The van der Waals surface area contributed by atoms with Gasteiger partial charge in [-0.25, -0.2) is 0 Å². The lowest BCUT2D eigenvalue weighted by molar-refractivity contribution is -0.125. The average Bonchev–Trinajstić information content (AvgIpc) is 2.98. The molecule has 2 bridgehead atoms. The van der Waals surface area contributed by atoms with Crippen LogP contribution in [0.25, 0.3) is 6.08 Å². The summed E-state index contributed by atoms with van der Waals surface area (Å²) in [5.74, 6) is 2.12. The molecule has 0 heterocycles. The Morgan fingerprint density at radius 3 is 2.11 bits per heavy atom. The third-order valence-corrected chi connectivity index (χ3v) is 21.6. The fourth-order valence-electron chi connectivity index (χ4n) is 6.98. The number of hydrogen-bond donors (Lipinski definition) is 0. The van der Waals surface area contributed by atoms with Gasteiger partial charge in [-0.2, -0.15) is 0 Å². The Balaban J connectivity index is 1.62. The molecule has 1 aromatic carbocycles. The van der Waals surface area contributed by atoms with Gasteiger partial charge in [-0.05, 0) is 97.3 Å². The van der Waals surface area contributed by atoms with E-state index in [1.807, 2.05) is 0 Å². The van der Waals surface area contributed by atoms with Crippen LogP contribution >= 0.6 is 0 Å². The highest BCUT2D eigenvalue weighted by Gasteiger charge is 2.63. The smallest absolute Gasteiger partial charge is 0.174 e. The van der Waals surface area contributed by atoms with Gasteiger partial charge in [0.1, 0.15) is 5.75 Å². The zero-order valence-corrected chi connectivity index (χ0v) is 27.3. The van der Waals surface area contributed by atoms with E-state index in [0.29, 0.717) is 17.6 Å².